The van der Waals surface area contributed by atoms with E-state index in [4.69, 9.17) is 0 Å². The minimum Gasteiger partial charge on any atom is -0.448 e. The van der Waals surface area contributed by atoms with Crippen molar-refractivity contribution < 1.29 is 64.3 Å². The molecule has 2 aromatic rings. The third-order valence-corrected chi connectivity index (χ3v) is 2.14. The number of nitrogens with zero attached hydrogens (tertiary/aromatic N) is 2. The summed E-state index contributed by atoms with van der Waals surface area (Å²) >= 11 is 0. The van der Waals surface area contributed by atoms with Crippen LogP contribution in [0.15, 0.2) is 35.3 Å². The molecule has 0 N–H and O–H groups in total. The van der Waals surface area contributed by atoms with E-state index in [-0.39, 0.29) is 56.8 Å². The fraction of sp³-hybridized carbons (Fsp3) is 0.111. The molecule has 2 rings (SSSR count). The van der Waals surface area contributed by atoms with Gasteiger partial charge in [-0.05, 0) is 6.07 Å². The first-order chi connectivity index (χ1) is 7.47. The molecule has 0 saturated heterocycles. The summed E-state index contributed by atoms with van der Waals surface area (Å²) in [6.07, 6.45) is -0.0395. The molecule has 1 aromatic carbocycles. The topological polar surface area (TPSA) is 34.9 Å². The van der Waals surface area contributed by atoms with Crippen molar-refractivity contribution in [3.8, 4) is 0 Å². The van der Waals surface area contributed by atoms with Crippen LogP contribution in [0.3, 0.4) is 0 Å². The van der Waals surface area contributed by atoms with Crippen LogP contribution in [0.25, 0.3) is 10.8 Å². The molecule has 0 radical (unpaired) electrons. The monoisotopic (exact) mass is 266 g/mol. The van der Waals surface area contributed by atoms with E-state index in [9.17, 15) is 17.7 Å². The van der Waals surface area contributed by atoms with E-state index >= 15 is 0 Å². The molecule has 0 unspecified atom stereocenters. The van der Waals surface area contributed by atoms with Crippen LogP contribution in [0.4, 0.5) is 12.9 Å². The van der Waals surface area contributed by atoms with Gasteiger partial charge in [0, 0.05) is 11.8 Å². The first kappa shape index (κ1) is 14.9. The van der Waals surface area contributed by atoms with Gasteiger partial charge in [0.05, 0.1) is 11.6 Å². The maximum atomic E-state index is 12.2. The number of halogens is 3. The molecule has 0 bridgehead atoms. The standard InChI is InChI=1S/C9H7BF3N2O.K/c11-10(12,13)6-15-9(16)8-4-2-1-3-7(8)5-14-15;/h1-5H,6H2;/q-1;+1. The third kappa shape index (κ3) is 3.65. The van der Waals surface area contributed by atoms with Gasteiger partial charge in [0.15, 0.2) is 0 Å². The normalized spacial score (nSPS) is 11.2. The zero-order chi connectivity index (χ0) is 11.8. The van der Waals surface area contributed by atoms with Crippen molar-refractivity contribution in [2.75, 3.05) is 0 Å². The Morgan fingerprint density at radius 3 is 2.53 bits per heavy atom. The van der Waals surface area contributed by atoms with Crippen LogP contribution in [-0.2, 0) is 6.44 Å². The van der Waals surface area contributed by atoms with Crippen molar-refractivity contribution in [3.05, 3.63) is 40.8 Å². The maximum absolute atomic E-state index is 12.2. The Morgan fingerprint density at radius 1 is 1.24 bits per heavy atom. The van der Waals surface area contributed by atoms with Gasteiger partial charge in [0.25, 0.3) is 5.56 Å². The van der Waals surface area contributed by atoms with Gasteiger partial charge in [-0.15, -0.1) is 0 Å². The Kier molecular flexibility index (Phi) is 4.97. The first-order valence-electron chi connectivity index (χ1n) is 4.63. The van der Waals surface area contributed by atoms with E-state index < -0.39 is 19.0 Å². The van der Waals surface area contributed by atoms with Crippen LogP contribution in [0.1, 0.15) is 0 Å². The van der Waals surface area contributed by atoms with Crippen LogP contribution in [0.2, 0.25) is 0 Å². The van der Waals surface area contributed by atoms with Gasteiger partial charge in [-0.1, -0.05) is 18.2 Å². The minimum absolute atomic E-state index is 0. The number of fused-ring (bicyclic) bond motifs is 1. The summed E-state index contributed by atoms with van der Waals surface area (Å²) in [6.45, 7) is -5.06. The van der Waals surface area contributed by atoms with Gasteiger partial charge in [0.2, 0.25) is 0 Å². The predicted molar refractivity (Wildman–Crippen MR) is 55.1 cm³/mol. The van der Waals surface area contributed by atoms with Gasteiger partial charge in [0.1, 0.15) is 0 Å². The van der Waals surface area contributed by atoms with Crippen LogP contribution in [-0.4, -0.2) is 16.8 Å². The molecular weight excluding hydrogens is 259 g/mol. The molecule has 0 fully saturated rings. The average molecular weight is 266 g/mol. The van der Waals surface area contributed by atoms with E-state index in [1.807, 2.05) is 0 Å². The molecule has 0 spiro atoms. The predicted octanol–water partition coefficient (Wildman–Crippen LogP) is -1.21. The largest absolute Gasteiger partial charge is 1.00 e. The summed E-state index contributed by atoms with van der Waals surface area (Å²) in [7, 11) is 0. The minimum atomic E-state index is -5.06. The summed E-state index contributed by atoms with van der Waals surface area (Å²) in [5, 5.41) is 4.28. The van der Waals surface area contributed by atoms with E-state index in [1.165, 1.54) is 12.3 Å². The number of rotatable bonds is 2. The molecule has 0 aliphatic carbocycles. The molecule has 0 aliphatic rings. The number of aromatic nitrogens is 2. The van der Waals surface area contributed by atoms with Gasteiger partial charge < -0.3 is 12.9 Å². The summed E-state index contributed by atoms with van der Waals surface area (Å²) in [5.41, 5.74) is -0.711. The Morgan fingerprint density at radius 2 is 1.88 bits per heavy atom. The number of hydrogen-bond acceptors (Lipinski definition) is 2. The fourth-order valence-corrected chi connectivity index (χ4v) is 1.45. The van der Waals surface area contributed by atoms with E-state index in [2.05, 4.69) is 5.10 Å². The number of benzene rings is 1. The van der Waals surface area contributed by atoms with Crippen molar-refractivity contribution in [2.24, 2.45) is 0 Å². The SMILES string of the molecule is O=c1c2ccccc2cnn1C[B-](F)(F)F.[K+]. The van der Waals surface area contributed by atoms with E-state index in [1.54, 1.807) is 18.2 Å². The molecule has 0 saturated carbocycles. The fourth-order valence-electron chi connectivity index (χ4n) is 1.45. The molecule has 1 aromatic heterocycles. The quantitative estimate of drug-likeness (QED) is 0.639. The molecule has 0 amide bonds. The molecule has 0 aliphatic heterocycles. The second kappa shape index (κ2) is 5.66. The molecular formula is C9H7BF3KN2O. The Balaban J connectivity index is 0.00000144. The molecule has 17 heavy (non-hydrogen) atoms. The maximum Gasteiger partial charge on any atom is 1.00 e. The summed E-state index contributed by atoms with van der Waals surface area (Å²) in [6, 6.07) is 6.42. The van der Waals surface area contributed by atoms with Crippen LogP contribution in [0, 0.1) is 0 Å². The summed E-state index contributed by atoms with van der Waals surface area (Å²) in [4.78, 5) is 11.6. The van der Waals surface area contributed by atoms with Crippen molar-refractivity contribution in [3.63, 3.8) is 0 Å². The van der Waals surface area contributed by atoms with Gasteiger partial charge in [-0.2, -0.15) is 5.10 Å². The number of hydrogen-bond donors (Lipinski definition) is 0. The molecule has 84 valence electrons. The second-order valence-electron chi connectivity index (χ2n) is 3.43. The Bertz CT molecular complexity index is 584. The first-order valence-corrected chi connectivity index (χ1v) is 4.63. The zero-order valence-corrected chi connectivity index (χ0v) is 12.2. The van der Waals surface area contributed by atoms with E-state index in [0.717, 1.165) is 0 Å². The van der Waals surface area contributed by atoms with Crippen molar-refractivity contribution in [2.45, 2.75) is 6.44 Å². The van der Waals surface area contributed by atoms with E-state index in [0.29, 0.717) is 10.1 Å². The third-order valence-electron chi connectivity index (χ3n) is 2.14. The van der Waals surface area contributed by atoms with Crippen LogP contribution in [0.5, 0.6) is 0 Å². The van der Waals surface area contributed by atoms with Crippen molar-refractivity contribution in [1.82, 2.24) is 9.78 Å². The Labute approximate surface area is 137 Å². The molecule has 0 atom stereocenters. The van der Waals surface area contributed by atoms with Crippen LogP contribution >= 0.6 is 0 Å². The van der Waals surface area contributed by atoms with Gasteiger partial charge in [-0.3, -0.25) is 9.48 Å². The molecule has 3 nitrogen and oxygen atoms in total. The van der Waals surface area contributed by atoms with Crippen LogP contribution < -0.4 is 56.9 Å². The summed E-state index contributed by atoms with van der Waals surface area (Å²) < 4.78 is 37.0. The zero-order valence-electron chi connectivity index (χ0n) is 9.11. The smallest absolute Gasteiger partial charge is 0.448 e. The average Bonchev–Trinajstić information content (AvgIpc) is 2.21. The van der Waals surface area contributed by atoms with Gasteiger partial charge in [-0.25, -0.2) is 0 Å². The summed E-state index contributed by atoms with van der Waals surface area (Å²) in [5.74, 6) is 0. The molecule has 1 heterocycles. The van der Waals surface area contributed by atoms with Gasteiger partial charge >= 0.3 is 58.4 Å². The molecule has 8 heteroatoms. The van der Waals surface area contributed by atoms with Crippen molar-refractivity contribution >= 4 is 17.7 Å². The second-order valence-corrected chi connectivity index (χ2v) is 3.43. The Hall–Kier alpha value is -0.149. The van der Waals surface area contributed by atoms with Crippen molar-refractivity contribution in [1.29, 1.82) is 0 Å².